The molecule has 0 aliphatic heterocycles. The summed E-state index contributed by atoms with van der Waals surface area (Å²) in [6, 6.07) is 0. The van der Waals surface area contributed by atoms with Gasteiger partial charge in [-0.05, 0) is 31.6 Å². The minimum Gasteiger partial charge on any atom is -0.288 e. The minimum atomic E-state index is -0.345. The predicted octanol–water partition coefficient (Wildman–Crippen LogP) is 2.02. The highest BCUT2D eigenvalue weighted by molar-refractivity contribution is 5.94. The molecule has 0 saturated carbocycles. The molecule has 1 amide bonds. The first-order valence-corrected chi connectivity index (χ1v) is 4.63. The number of carbonyl (C=O) groups excluding carboxylic acids is 1. The zero-order chi connectivity index (χ0) is 10.1. The van der Waals surface area contributed by atoms with Crippen LogP contribution in [-0.4, -0.2) is 11.1 Å². The van der Waals surface area contributed by atoms with Gasteiger partial charge in [0.1, 0.15) is 0 Å². The summed E-state index contributed by atoms with van der Waals surface area (Å²) in [6.07, 6.45) is 3.10. The topological polar surface area (TPSA) is 49.3 Å². The molecule has 0 fully saturated rings. The van der Waals surface area contributed by atoms with E-state index in [9.17, 15) is 4.79 Å². The molecule has 3 heteroatoms. The SMILES string of the molecule is CC1=C(C(=O)NO)C(C)(C)CCC1. The predicted molar refractivity (Wildman–Crippen MR) is 50.3 cm³/mol. The van der Waals surface area contributed by atoms with E-state index in [4.69, 9.17) is 5.21 Å². The lowest BCUT2D eigenvalue weighted by Crippen LogP contribution is -2.32. The third kappa shape index (κ3) is 1.91. The maximum Gasteiger partial charge on any atom is 0.271 e. The summed E-state index contributed by atoms with van der Waals surface area (Å²) >= 11 is 0. The maximum atomic E-state index is 11.4. The van der Waals surface area contributed by atoms with Crippen molar-refractivity contribution in [2.24, 2.45) is 5.41 Å². The van der Waals surface area contributed by atoms with Crippen LogP contribution in [0, 0.1) is 5.41 Å². The van der Waals surface area contributed by atoms with Crippen molar-refractivity contribution >= 4 is 5.91 Å². The van der Waals surface area contributed by atoms with Crippen LogP contribution in [-0.2, 0) is 4.79 Å². The summed E-state index contributed by atoms with van der Waals surface area (Å²) < 4.78 is 0. The van der Waals surface area contributed by atoms with E-state index in [0.29, 0.717) is 0 Å². The summed E-state index contributed by atoms with van der Waals surface area (Å²) in [5, 5.41) is 8.60. The number of allylic oxidation sites excluding steroid dienone is 1. The highest BCUT2D eigenvalue weighted by Crippen LogP contribution is 2.39. The molecule has 0 aromatic heterocycles. The first kappa shape index (κ1) is 10.3. The lowest BCUT2D eigenvalue weighted by atomic mass is 9.72. The van der Waals surface area contributed by atoms with Crippen molar-refractivity contribution in [3.63, 3.8) is 0 Å². The fourth-order valence-corrected chi connectivity index (χ4v) is 2.18. The Morgan fingerprint density at radius 2 is 2.15 bits per heavy atom. The Morgan fingerprint density at radius 3 is 2.62 bits per heavy atom. The average Bonchev–Trinajstić information content (AvgIpc) is 2.02. The molecule has 0 heterocycles. The number of hydroxylamine groups is 1. The Balaban J connectivity index is 3.05. The first-order chi connectivity index (χ1) is 5.99. The van der Waals surface area contributed by atoms with Crippen LogP contribution >= 0.6 is 0 Å². The summed E-state index contributed by atoms with van der Waals surface area (Å²) in [7, 11) is 0. The van der Waals surface area contributed by atoms with E-state index in [1.807, 2.05) is 20.8 Å². The molecule has 0 atom stereocenters. The summed E-state index contributed by atoms with van der Waals surface area (Å²) in [5.74, 6) is -0.345. The lowest BCUT2D eigenvalue weighted by molar-refractivity contribution is -0.126. The van der Waals surface area contributed by atoms with Gasteiger partial charge in [-0.2, -0.15) is 0 Å². The van der Waals surface area contributed by atoms with Gasteiger partial charge in [-0.15, -0.1) is 0 Å². The van der Waals surface area contributed by atoms with Gasteiger partial charge in [0.05, 0.1) is 0 Å². The Kier molecular flexibility index (Phi) is 2.76. The molecule has 2 N–H and O–H groups in total. The van der Waals surface area contributed by atoms with Crippen LogP contribution in [0.5, 0.6) is 0 Å². The van der Waals surface area contributed by atoms with Gasteiger partial charge in [0.25, 0.3) is 5.91 Å². The summed E-state index contributed by atoms with van der Waals surface area (Å²) in [5.41, 5.74) is 3.47. The van der Waals surface area contributed by atoms with Crippen molar-refractivity contribution in [1.82, 2.24) is 5.48 Å². The fraction of sp³-hybridized carbons (Fsp3) is 0.700. The number of nitrogens with one attached hydrogen (secondary N) is 1. The standard InChI is InChI=1S/C10H17NO2/c1-7-5-4-6-10(2,3)8(7)9(12)11-13/h13H,4-6H2,1-3H3,(H,11,12). The molecule has 1 aliphatic rings. The third-order valence-electron chi connectivity index (χ3n) is 2.79. The van der Waals surface area contributed by atoms with Crippen LogP contribution in [0.25, 0.3) is 0 Å². The molecular weight excluding hydrogens is 166 g/mol. The van der Waals surface area contributed by atoms with Gasteiger partial charge in [0.15, 0.2) is 0 Å². The molecule has 1 aliphatic carbocycles. The molecular formula is C10H17NO2. The second-order valence-corrected chi connectivity index (χ2v) is 4.33. The van der Waals surface area contributed by atoms with Gasteiger partial charge in [0, 0.05) is 5.57 Å². The molecule has 0 bridgehead atoms. The maximum absolute atomic E-state index is 11.4. The lowest BCUT2D eigenvalue weighted by Gasteiger charge is -2.32. The minimum absolute atomic E-state index is 0.102. The third-order valence-corrected chi connectivity index (χ3v) is 2.79. The van der Waals surface area contributed by atoms with E-state index < -0.39 is 0 Å². The van der Waals surface area contributed by atoms with Gasteiger partial charge in [-0.25, -0.2) is 5.48 Å². The smallest absolute Gasteiger partial charge is 0.271 e. The van der Waals surface area contributed by atoms with Crippen molar-refractivity contribution in [3.8, 4) is 0 Å². The van der Waals surface area contributed by atoms with Gasteiger partial charge in [-0.1, -0.05) is 19.4 Å². The quantitative estimate of drug-likeness (QED) is 0.482. The molecule has 74 valence electrons. The molecule has 0 radical (unpaired) electrons. The van der Waals surface area contributed by atoms with Gasteiger partial charge < -0.3 is 0 Å². The normalized spacial score (nSPS) is 21.5. The summed E-state index contributed by atoms with van der Waals surface area (Å²) in [6.45, 7) is 6.05. The largest absolute Gasteiger partial charge is 0.288 e. The van der Waals surface area contributed by atoms with E-state index in [-0.39, 0.29) is 11.3 Å². The molecule has 0 spiro atoms. The Labute approximate surface area is 78.8 Å². The number of hydrogen-bond acceptors (Lipinski definition) is 2. The Morgan fingerprint density at radius 1 is 1.54 bits per heavy atom. The van der Waals surface area contributed by atoms with Gasteiger partial charge >= 0.3 is 0 Å². The van der Waals surface area contributed by atoms with Crippen molar-refractivity contribution in [2.45, 2.75) is 40.0 Å². The number of rotatable bonds is 1. The van der Waals surface area contributed by atoms with Crippen molar-refractivity contribution in [3.05, 3.63) is 11.1 Å². The second kappa shape index (κ2) is 3.50. The zero-order valence-corrected chi connectivity index (χ0v) is 8.48. The molecule has 1 rings (SSSR count). The second-order valence-electron chi connectivity index (χ2n) is 4.33. The number of hydrogen-bond donors (Lipinski definition) is 2. The van der Waals surface area contributed by atoms with E-state index >= 15 is 0 Å². The van der Waals surface area contributed by atoms with Crippen molar-refractivity contribution in [2.75, 3.05) is 0 Å². The van der Waals surface area contributed by atoms with Gasteiger partial charge in [0.2, 0.25) is 0 Å². The zero-order valence-electron chi connectivity index (χ0n) is 8.48. The molecule has 0 saturated heterocycles. The fourth-order valence-electron chi connectivity index (χ4n) is 2.18. The highest BCUT2D eigenvalue weighted by Gasteiger charge is 2.32. The van der Waals surface area contributed by atoms with Crippen LogP contribution in [0.1, 0.15) is 40.0 Å². The van der Waals surface area contributed by atoms with E-state index in [1.165, 1.54) is 0 Å². The summed E-state index contributed by atoms with van der Waals surface area (Å²) in [4.78, 5) is 11.4. The van der Waals surface area contributed by atoms with Crippen LogP contribution in [0.4, 0.5) is 0 Å². The number of carbonyl (C=O) groups is 1. The monoisotopic (exact) mass is 183 g/mol. The van der Waals surface area contributed by atoms with E-state index in [0.717, 1.165) is 30.4 Å². The van der Waals surface area contributed by atoms with E-state index in [1.54, 1.807) is 5.48 Å². The molecule has 3 nitrogen and oxygen atoms in total. The molecule has 13 heavy (non-hydrogen) atoms. The number of amides is 1. The van der Waals surface area contributed by atoms with Crippen molar-refractivity contribution < 1.29 is 10.0 Å². The Bertz CT molecular complexity index is 254. The van der Waals surface area contributed by atoms with Crippen LogP contribution in [0.15, 0.2) is 11.1 Å². The Hall–Kier alpha value is -0.830. The van der Waals surface area contributed by atoms with E-state index in [2.05, 4.69) is 0 Å². The van der Waals surface area contributed by atoms with Gasteiger partial charge in [-0.3, -0.25) is 10.0 Å². The molecule has 0 aromatic rings. The molecule has 0 unspecified atom stereocenters. The van der Waals surface area contributed by atoms with Crippen molar-refractivity contribution in [1.29, 1.82) is 0 Å². The average molecular weight is 183 g/mol. The van der Waals surface area contributed by atoms with Crippen LogP contribution in [0.3, 0.4) is 0 Å². The molecule has 0 aromatic carbocycles. The first-order valence-electron chi connectivity index (χ1n) is 4.63. The van der Waals surface area contributed by atoms with Crippen LogP contribution < -0.4 is 5.48 Å². The highest BCUT2D eigenvalue weighted by atomic mass is 16.5. The van der Waals surface area contributed by atoms with Crippen LogP contribution in [0.2, 0.25) is 0 Å².